The highest BCUT2D eigenvalue weighted by Crippen LogP contribution is 2.35. The van der Waals surface area contributed by atoms with E-state index < -0.39 is 0 Å². The molecule has 1 N–H and O–H groups in total. The molecular weight excluding hydrogens is 210 g/mol. The summed E-state index contributed by atoms with van der Waals surface area (Å²) in [5, 5.41) is 3.57. The number of hydrogen-bond acceptors (Lipinski definition) is 3. The van der Waals surface area contributed by atoms with Crippen molar-refractivity contribution in [1.82, 2.24) is 15.2 Å². The minimum atomic E-state index is 0.546. The van der Waals surface area contributed by atoms with Crippen molar-refractivity contribution >= 4 is 0 Å². The highest BCUT2D eigenvalue weighted by atomic mass is 15.2. The van der Waals surface area contributed by atoms with Crippen LogP contribution >= 0.6 is 0 Å². The van der Waals surface area contributed by atoms with Gasteiger partial charge in [-0.05, 0) is 43.6 Å². The second kappa shape index (κ2) is 5.61. The van der Waals surface area contributed by atoms with E-state index in [-0.39, 0.29) is 0 Å². The number of pyridine rings is 1. The number of likely N-dealkylation sites (tertiary alicyclic amines) is 1. The molecule has 3 heteroatoms. The maximum absolute atomic E-state index is 4.11. The van der Waals surface area contributed by atoms with Gasteiger partial charge in [-0.25, -0.2) is 0 Å². The predicted molar refractivity (Wildman–Crippen MR) is 70.9 cm³/mol. The van der Waals surface area contributed by atoms with E-state index in [1.807, 2.05) is 12.4 Å². The second-order valence-electron chi connectivity index (χ2n) is 5.32. The summed E-state index contributed by atoms with van der Waals surface area (Å²) in [7, 11) is 2.22. The Balaban J connectivity index is 2.07. The monoisotopic (exact) mass is 233 g/mol. The molecule has 2 atom stereocenters. The molecule has 1 aliphatic rings. The van der Waals surface area contributed by atoms with Gasteiger partial charge in [-0.2, -0.15) is 0 Å². The summed E-state index contributed by atoms with van der Waals surface area (Å²) >= 11 is 0. The fourth-order valence-corrected chi connectivity index (χ4v) is 2.71. The molecule has 0 amide bonds. The fraction of sp³-hybridized carbons (Fsp3) is 0.643. The molecule has 0 spiro atoms. The minimum absolute atomic E-state index is 0.546. The summed E-state index contributed by atoms with van der Waals surface area (Å²) in [5.41, 5.74) is 1.40. The summed E-state index contributed by atoms with van der Waals surface area (Å²) in [5.74, 6) is 0.713. The predicted octanol–water partition coefficient (Wildman–Crippen LogP) is 2.07. The smallest absolute Gasteiger partial charge is 0.0386 e. The van der Waals surface area contributed by atoms with Gasteiger partial charge in [-0.3, -0.25) is 9.88 Å². The number of aromatic nitrogens is 1. The van der Waals surface area contributed by atoms with Crippen molar-refractivity contribution in [3.05, 3.63) is 30.1 Å². The second-order valence-corrected chi connectivity index (χ2v) is 5.32. The third-order valence-electron chi connectivity index (χ3n) is 3.61. The van der Waals surface area contributed by atoms with E-state index in [4.69, 9.17) is 0 Å². The van der Waals surface area contributed by atoms with E-state index in [1.54, 1.807) is 0 Å². The third kappa shape index (κ3) is 3.05. The van der Waals surface area contributed by atoms with E-state index in [0.29, 0.717) is 18.0 Å². The minimum Gasteiger partial charge on any atom is -0.314 e. The molecule has 94 valence electrons. The van der Waals surface area contributed by atoms with E-state index >= 15 is 0 Å². The van der Waals surface area contributed by atoms with Crippen LogP contribution in [0.1, 0.15) is 31.9 Å². The third-order valence-corrected chi connectivity index (χ3v) is 3.61. The van der Waals surface area contributed by atoms with Crippen molar-refractivity contribution in [2.75, 3.05) is 20.1 Å². The van der Waals surface area contributed by atoms with E-state index in [2.05, 4.69) is 48.2 Å². The highest BCUT2D eigenvalue weighted by Gasteiger charge is 2.32. The standard InChI is InChI=1S/C14H23N3/c1-11(2)16-10-13-6-9-17(3)14(13)12-4-7-15-8-5-12/h4-5,7-8,11,13-14,16H,6,9-10H2,1-3H3. The highest BCUT2D eigenvalue weighted by molar-refractivity contribution is 5.18. The molecule has 0 saturated carbocycles. The molecule has 0 aliphatic carbocycles. The Morgan fingerprint density at radius 1 is 1.41 bits per heavy atom. The Morgan fingerprint density at radius 2 is 2.12 bits per heavy atom. The molecular formula is C14H23N3. The van der Waals surface area contributed by atoms with Gasteiger partial charge in [0, 0.05) is 31.0 Å². The van der Waals surface area contributed by atoms with E-state index in [9.17, 15) is 0 Å². The van der Waals surface area contributed by atoms with Gasteiger partial charge in [0.05, 0.1) is 0 Å². The quantitative estimate of drug-likeness (QED) is 0.863. The van der Waals surface area contributed by atoms with Crippen molar-refractivity contribution in [1.29, 1.82) is 0 Å². The number of nitrogens with one attached hydrogen (secondary N) is 1. The summed E-state index contributed by atoms with van der Waals surface area (Å²) < 4.78 is 0. The van der Waals surface area contributed by atoms with Crippen LogP contribution in [-0.4, -0.2) is 36.1 Å². The zero-order valence-electron chi connectivity index (χ0n) is 11.1. The zero-order chi connectivity index (χ0) is 12.3. The molecule has 1 saturated heterocycles. The molecule has 17 heavy (non-hydrogen) atoms. The average molecular weight is 233 g/mol. The van der Waals surface area contributed by atoms with Crippen LogP contribution in [0.2, 0.25) is 0 Å². The van der Waals surface area contributed by atoms with Crippen LogP contribution in [0.15, 0.2) is 24.5 Å². The number of hydrogen-bond donors (Lipinski definition) is 1. The maximum Gasteiger partial charge on any atom is 0.0386 e. The normalized spacial score (nSPS) is 25.6. The molecule has 0 radical (unpaired) electrons. The summed E-state index contributed by atoms with van der Waals surface area (Å²) in [4.78, 5) is 6.57. The number of nitrogens with zero attached hydrogens (tertiary/aromatic N) is 2. The van der Waals surface area contributed by atoms with Crippen LogP contribution in [0.25, 0.3) is 0 Å². The van der Waals surface area contributed by atoms with Gasteiger partial charge in [0.15, 0.2) is 0 Å². The van der Waals surface area contributed by atoms with Crippen molar-refractivity contribution in [3.8, 4) is 0 Å². The Bertz CT molecular complexity index is 337. The van der Waals surface area contributed by atoms with E-state index in [1.165, 1.54) is 18.5 Å². The zero-order valence-corrected chi connectivity index (χ0v) is 11.1. The first-order valence-corrected chi connectivity index (χ1v) is 6.52. The van der Waals surface area contributed by atoms with Gasteiger partial charge in [-0.1, -0.05) is 13.8 Å². The molecule has 2 rings (SSSR count). The topological polar surface area (TPSA) is 28.2 Å². The molecule has 1 aliphatic heterocycles. The Kier molecular flexibility index (Phi) is 4.13. The Labute approximate surface area is 104 Å². The van der Waals surface area contributed by atoms with Gasteiger partial charge in [0.25, 0.3) is 0 Å². The Hall–Kier alpha value is -0.930. The van der Waals surface area contributed by atoms with Crippen LogP contribution in [-0.2, 0) is 0 Å². The molecule has 2 unspecified atom stereocenters. The van der Waals surface area contributed by atoms with Gasteiger partial charge in [0.2, 0.25) is 0 Å². The van der Waals surface area contributed by atoms with Crippen LogP contribution in [0.5, 0.6) is 0 Å². The summed E-state index contributed by atoms with van der Waals surface area (Å²) in [6, 6.07) is 5.41. The molecule has 2 heterocycles. The van der Waals surface area contributed by atoms with Gasteiger partial charge >= 0.3 is 0 Å². The Morgan fingerprint density at radius 3 is 2.76 bits per heavy atom. The lowest BCUT2D eigenvalue weighted by Crippen LogP contribution is -2.32. The number of rotatable bonds is 4. The SMILES string of the molecule is CC(C)NCC1CCN(C)C1c1ccncc1. The van der Waals surface area contributed by atoms with Crippen molar-refractivity contribution in [2.24, 2.45) is 5.92 Å². The summed E-state index contributed by atoms with van der Waals surface area (Å²) in [6.45, 7) is 6.71. The summed E-state index contributed by atoms with van der Waals surface area (Å²) in [6.07, 6.45) is 5.08. The lowest BCUT2D eigenvalue weighted by molar-refractivity contribution is 0.269. The van der Waals surface area contributed by atoms with Crippen LogP contribution < -0.4 is 5.32 Å². The molecule has 1 fully saturated rings. The van der Waals surface area contributed by atoms with Gasteiger partial charge < -0.3 is 5.32 Å². The van der Waals surface area contributed by atoms with Crippen LogP contribution in [0, 0.1) is 5.92 Å². The molecule has 1 aromatic rings. The van der Waals surface area contributed by atoms with Crippen molar-refractivity contribution in [2.45, 2.75) is 32.4 Å². The van der Waals surface area contributed by atoms with Crippen molar-refractivity contribution < 1.29 is 0 Å². The molecule has 3 nitrogen and oxygen atoms in total. The van der Waals surface area contributed by atoms with Gasteiger partial charge in [0.1, 0.15) is 0 Å². The van der Waals surface area contributed by atoms with Crippen LogP contribution in [0.4, 0.5) is 0 Å². The van der Waals surface area contributed by atoms with Gasteiger partial charge in [-0.15, -0.1) is 0 Å². The molecule has 0 bridgehead atoms. The van der Waals surface area contributed by atoms with Crippen molar-refractivity contribution in [3.63, 3.8) is 0 Å². The fourth-order valence-electron chi connectivity index (χ4n) is 2.71. The first-order chi connectivity index (χ1) is 8.18. The maximum atomic E-state index is 4.11. The largest absolute Gasteiger partial charge is 0.314 e. The lowest BCUT2D eigenvalue weighted by atomic mass is 9.94. The first-order valence-electron chi connectivity index (χ1n) is 6.52. The lowest BCUT2D eigenvalue weighted by Gasteiger charge is -2.26. The molecule has 1 aromatic heterocycles. The van der Waals surface area contributed by atoms with Crippen LogP contribution in [0.3, 0.4) is 0 Å². The molecule has 0 aromatic carbocycles. The van der Waals surface area contributed by atoms with E-state index in [0.717, 1.165) is 6.54 Å². The average Bonchev–Trinajstić information content (AvgIpc) is 2.69. The first kappa shape index (κ1) is 12.5.